The molecule has 30 heavy (non-hydrogen) atoms. The molecule has 0 bridgehead atoms. The van der Waals surface area contributed by atoms with Crippen molar-refractivity contribution < 1.29 is 9.47 Å². The average Bonchev–Trinajstić information content (AvgIpc) is 2.76. The van der Waals surface area contributed by atoms with E-state index in [0.717, 1.165) is 64.7 Å². The molecule has 2 unspecified atom stereocenters. The van der Waals surface area contributed by atoms with Gasteiger partial charge in [-0.25, -0.2) is 0 Å². The molecule has 0 aliphatic carbocycles. The third-order valence-corrected chi connectivity index (χ3v) is 6.02. The molecule has 170 valence electrons. The summed E-state index contributed by atoms with van der Waals surface area (Å²) in [5.41, 5.74) is 7.47. The van der Waals surface area contributed by atoms with Crippen LogP contribution in [0.25, 0.3) is 0 Å². The Kier molecular flexibility index (Phi) is 11.2. The van der Waals surface area contributed by atoms with E-state index in [4.69, 9.17) is 15.2 Å². The van der Waals surface area contributed by atoms with E-state index in [-0.39, 0.29) is 24.0 Å². The Morgan fingerprint density at radius 1 is 1.23 bits per heavy atom. The van der Waals surface area contributed by atoms with Crippen LogP contribution in [0.4, 0.5) is 0 Å². The fraction of sp³-hybridized carbons (Fsp3) is 0.682. The van der Waals surface area contributed by atoms with E-state index in [1.54, 1.807) is 7.11 Å². The normalized spacial score (nSPS) is 23.6. The van der Waals surface area contributed by atoms with Crippen molar-refractivity contribution in [1.82, 2.24) is 15.1 Å². The Balaban J connectivity index is 0.00000320. The Morgan fingerprint density at radius 2 is 1.97 bits per heavy atom. The van der Waals surface area contributed by atoms with Gasteiger partial charge in [0.15, 0.2) is 5.96 Å². The van der Waals surface area contributed by atoms with Gasteiger partial charge in [-0.3, -0.25) is 14.8 Å². The highest BCUT2D eigenvalue weighted by molar-refractivity contribution is 14.0. The molecular formula is C22H38IN5O2. The molecule has 2 heterocycles. The molecule has 1 aromatic carbocycles. The standard InChI is InChI=1S/C22H37N5O2.HI/c1-26-11-3-5-19(21(26)18-6-8-20(28-2)9-7-18)17-25-22(23)24-10-4-12-27-13-15-29-16-14-27;/h6-9,19,21H,3-5,10-17H2,1-2H3,(H3,23,24,25);1H. The summed E-state index contributed by atoms with van der Waals surface area (Å²) in [6.45, 7) is 7.58. The maximum Gasteiger partial charge on any atom is 0.188 e. The topological polar surface area (TPSA) is 75.3 Å². The van der Waals surface area contributed by atoms with E-state index in [1.165, 1.54) is 18.4 Å². The van der Waals surface area contributed by atoms with Gasteiger partial charge in [0.25, 0.3) is 0 Å². The number of hydrogen-bond acceptors (Lipinski definition) is 5. The number of ether oxygens (including phenoxy) is 2. The van der Waals surface area contributed by atoms with E-state index in [1.807, 2.05) is 12.1 Å². The summed E-state index contributed by atoms with van der Waals surface area (Å²) < 4.78 is 10.7. The summed E-state index contributed by atoms with van der Waals surface area (Å²) in [5, 5.41) is 3.28. The SMILES string of the molecule is COc1ccc(C2C(CN=C(N)NCCCN3CCOCC3)CCCN2C)cc1.I. The molecule has 0 radical (unpaired) electrons. The van der Waals surface area contributed by atoms with E-state index >= 15 is 0 Å². The Morgan fingerprint density at radius 3 is 2.67 bits per heavy atom. The number of likely N-dealkylation sites (tertiary alicyclic amines) is 1. The summed E-state index contributed by atoms with van der Waals surface area (Å²) in [6, 6.07) is 8.81. The number of hydrogen-bond donors (Lipinski definition) is 2. The van der Waals surface area contributed by atoms with Crippen molar-refractivity contribution in [3.8, 4) is 5.75 Å². The van der Waals surface area contributed by atoms with Crippen LogP contribution < -0.4 is 15.8 Å². The van der Waals surface area contributed by atoms with E-state index in [2.05, 4.69) is 39.3 Å². The highest BCUT2D eigenvalue weighted by Crippen LogP contribution is 2.35. The first kappa shape index (κ1) is 25.2. The number of nitrogens with zero attached hydrogens (tertiary/aromatic N) is 3. The fourth-order valence-electron chi connectivity index (χ4n) is 4.39. The van der Waals surface area contributed by atoms with Gasteiger partial charge in [-0.2, -0.15) is 0 Å². The molecule has 2 saturated heterocycles. The third-order valence-electron chi connectivity index (χ3n) is 6.02. The number of nitrogens with one attached hydrogen (secondary N) is 1. The van der Waals surface area contributed by atoms with Gasteiger partial charge in [-0.1, -0.05) is 12.1 Å². The lowest BCUT2D eigenvalue weighted by atomic mass is 9.85. The van der Waals surface area contributed by atoms with Crippen LogP contribution in [0.2, 0.25) is 0 Å². The van der Waals surface area contributed by atoms with Crippen LogP contribution >= 0.6 is 24.0 Å². The Bertz CT molecular complexity index is 637. The van der Waals surface area contributed by atoms with Crippen LogP contribution in [0.15, 0.2) is 29.3 Å². The first-order valence-corrected chi connectivity index (χ1v) is 10.9. The van der Waals surface area contributed by atoms with E-state index < -0.39 is 0 Å². The van der Waals surface area contributed by atoms with Crippen molar-refractivity contribution >= 4 is 29.9 Å². The van der Waals surface area contributed by atoms with E-state index in [0.29, 0.717) is 17.9 Å². The zero-order valence-electron chi connectivity index (χ0n) is 18.4. The number of morpholine rings is 1. The first-order chi connectivity index (χ1) is 14.2. The zero-order valence-corrected chi connectivity index (χ0v) is 20.7. The van der Waals surface area contributed by atoms with Crippen molar-refractivity contribution in [3.63, 3.8) is 0 Å². The fourth-order valence-corrected chi connectivity index (χ4v) is 4.39. The van der Waals surface area contributed by atoms with Gasteiger partial charge in [0, 0.05) is 32.2 Å². The van der Waals surface area contributed by atoms with Crippen LogP contribution in [0.1, 0.15) is 30.9 Å². The molecule has 0 spiro atoms. The number of aliphatic imine (C=N–C) groups is 1. The van der Waals surface area contributed by atoms with Crippen molar-refractivity contribution in [2.24, 2.45) is 16.6 Å². The minimum Gasteiger partial charge on any atom is -0.497 e. The number of guanidine groups is 1. The van der Waals surface area contributed by atoms with Gasteiger partial charge in [0.2, 0.25) is 0 Å². The summed E-state index contributed by atoms with van der Waals surface area (Å²) >= 11 is 0. The second-order valence-corrected chi connectivity index (χ2v) is 8.06. The van der Waals surface area contributed by atoms with Crippen LogP contribution in [-0.2, 0) is 4.74 Å². The zero-order chi connectivity index (χ0) is 20.5. The maximum absolute atomic E-state index is 6.14. The molecule has 7 nitrogen and oxygen atoms in total. The molecule has 3 N–H and O–H groups in total. The van der Waals surface area contributed by atoms with Crippen LogP contribution in [0.5, 0.6) is 5.75 Å². The molecule has 8 heteroatoms. The minimum absolute atomic E-state index is 0. The second-order valence-electron chi connectivity index (χ2n) is 8.06. The lowest BCUT2D eigenvalue weighted by Gasteiger charge is -2.39. The Labute approximate surface area is 198 Å². The number of nitrogens with two attached hydrogens (primary N) is 1. The predicted molar refractivity (Wildman–Crippen MR) is 133 cm³/mol. The number of rotatable bonds is 8. The Hall–Kier alpha value is -1.10. The van der Waals surface area contributed by atoms with Crippen LogP contribution in [0.3, 0.4) is 0 Å². The van der Waals surface area contributed by atoms with E-state index in [9.17, 15) is 0 Å². The van der Waals surface area contributed by atoms with Gasteiger partial charge in [-0.15, -0.1) is 24.0 Å². The summed E-state index contributed by atoms with van der Waals surface area (Å²) in [6.07, 6.45) is 3.45. The van der Waals surface area contributed by atoms with Gasteiger partial charge in [0.05, 0.1) is 20.3 Å². The number of benzene rings is 1. The minimum atomic E-state index is 0. The highest BCUT2D eigenvalue weighted by atomic mass is 127. The largest absolute Gasteiger partial charge is 0.497 e. The van der Waals surface area contributed by atoms with Gasteiger partial charge < -0.3 is 20.5 Å². The third kappa shape index (κ3) is 7.55. The second kappa shape index (κ2) is 13.3. The van der Waals surface area contributed by atoms with Gasteiger partial charge in [0.1, 0.15) is 5.75 Å². The molecule has 3 rings (SSSR count). The molecular weight excluding hydrogens is 493 g/mol. The molecule has 2 aliphatic heterocycles. The molecule has 2 aliphatic rings. The monoisotopic (exact) mass is 531 g/mol. The van der Waals surface area contributed by atoms with Crippen LogP contribution in [0, 0.1) is 5.92 Å². The predicted octanol–water partition coefficient (Wildman–Crippen LogP) is 2.32. The van der Waals surface area contributed by atoms with Crippen molar-refractivity contribution in [2.75, 3.05) is 66.6 Å². The van der Waals surface area contributed by atoms with Crippen LogP contribution in [-0.4, -0.2) is 82.4 Å². The number of piperidine rings is 1. The first-order valence-electron chi connectivity index (χ1n) is 10.9. The van der Waals surface area contributed by atoms with Crippen molar-refractivity contribution in [2.45, 2.75) is 25.3 Å². The average molecular weight is 531 g/mol. The lowest BCUT2D eigenvalue weighted by Crippen LogP contribution is -2.40. The molecule has 0 amide bonds. The lowest BCUT2D eigenvalue weighted by molar-refractivity contribution is 0.0376. The molecule has 0 saturated carbocycles. The summed E-state index contributed by atoms with van der Waals surface area (Å²) in [7, 11) is 3.91. The maximum atomic E-state index is 6.14. The van der Waals surface area contributed by atoms with Crippen molar-refractivity contribution in [1.29, 1.82) is 0 Å². The van der Waals surface area contributed by atoms with Gasteiger partial charge in [-0.05, 0) is 63.0 Å². The highest BCUT2D eigenvalue weighted by Gasteiger charge is 2.30. The number of halogens is 1. The summed E-state index contributed by atoms with van der Waals surface area (Å²) in [5.74, 6) is 1.93. The molecule has 1 aromatic rings. The quantitative estimate of drug-likeness (QED) is 0.232. The smallest absolute Gasteiger partial charge is 0.188 e. The molecule has 2 atom stereocenters. The van der Waals surface area contributed by atoms with Crippen molar-refractivity contribution in [3.05, 3.63) is 29.8 Å². The van der Waals surface area contributed by atoms with Gasteiger partial charge >= 0.3 is 0 Å². The molecule has 2 fully saturated rings. The number of methoxy groups -OCH3 is 1. The molecule has 0 aromatic heterocycles. The summed E-state index contributed by atoms with van der Waals surface area (Å²) in [4.78, 5) is 9.56.